The molecule has 0 amide bonds. The molecule has 2 aromatic heterocycles. The number of esters is 1. The first kappa shape index (κ1) is 19.0. The largest absolute Gasteiger partial charge is 0.462 e. The van der Waals surface area contributed by atoms with Crippen LogP contribution in [-0.4, -0.2) is 52.2 Å². The molecule has 0 aliphatic heterocycles. The zero-order valence-electron chi connectivity index (χ0n) is 15.4. The lowest BCUT2D eigenvalue weighted by molar-refractivity contribution is 0.0356. The second-order valence-corrected chi connectivity index (χ2v) is 5.80. The second kappa shape index (κ2) is 8.28. The highest BCUT2D eigenvalue weighted by Gasteiger charge is 2.18. The molecule has 0 atom stereocenters. The van der Waals surface area contributed by atoms with Gasteiger partial charge in [-0.1, -0.05) is 0 Å². The predicted molar refractivity (Wildman–Crippen MR) is 95.3 cm³/mol. The molecule has 0 radical (unpaired) electrons. The van der Waals surface area contributed by atoms with Crippen LogP contribution in [0.2, 0.25) is 0 Å². The van der Waals surface area contributed by atoms with Gasteiger partial charge in [-0.25, -0.2) is 18.9 Å². The zero-order chi connectivity index (χ0) is 19.4. The first-order valence-electron chi connectivity index (χ1n) is 8.51. The van der Waals surface area contributed by atoms with Crippen LogP contribution in [0.15, 0.2) is 24.5 Å². The number of ether oxygens (including phenoxy) is 3. The monoisotopic (exact) mass is 376 g/mol. The van der Waals surface area contributed by atoms with Gasteiger partial charge in [0, 0.05) is 18.9 Å². The number of halogens is 1. The number of aryl methyl sites for hydroxylation is 1. The maximum atomic E-state index is 14.0. The minimum Gasteiger partial charge on any atom is -0.462 e. The lowest BCUT2D eigenvalue weighted by Gasteiger charge is -2.10. The molecule has 0 fully saturated rings. The minimum atomic E-state index is -0.468. The standard InChI is InChI=1S/C18H21FN4O4/c1-4-27-17(24)13-9-20-23(10-13)18-21-16-12(2)14(19)5-6-15(16)22(18)11-26-8-7-25-3/h5-6,9-10H,4,7-8,11H2,1-3H3. The molecule has 3 rings (SSSR count). The maximum Gasteiger partial charge on any atom is 0.341 e. The van der Waals surface area contributed by atoms with Crippen LogP contribution in [0.25, 0.3) is 17.0 Å². The van der Waals surface area contributed by atoms with E-state index in [-0.39, 0.29) is 19.2 Å². The van der Waals surface area contributed by atoms with Crippen molar-refractivity contribution >= 4 is 17.0 Å². The van der Waals surface area contributed by atoms with E-state index in [1.165, 1.54) is 23.1 Å². The molecule has 0 spiro atoms. The van der Waals surface area contributed by atoms with E-state index < -0.39 is 5.97 Å². The highest BCUT2D eigenvalue weighted by Crippen LogP contribution is 2.24. The minimum absolute atomic E-state index is 0.175. The number of aromatic nitrogens is 4. The Hall–Kier alpha value is -2.78. The fourth-order valence-corrected chi connectivity index (χ4v) is 2.64. The van der Waals surface area contributed by atoms with Gasteiger partial charge in [0.1, 0.15) is 12.5 Å². The number of methoxy groups -OCH3 is 1. The molecule has 0 bridgehead atoms. The number of benzene rings is 1. The maximum absolute atomic E-state index is 14.0. The van der Waals surface area contributed by atoms with Crippen LogP contribution in [0.5, 0.6) is 0 Å². The molecular formula is C18H21FN4O4. The molecule has 0 aliphatic carbocycles. The van der Waals surface area contributed by atoms with E-state index in [2.05, 4.69) is 10.1 Å². The lowest BCUT2D eigenvalue weighted by Crippen LogP contribution is -2.12. The van der Waals surface area contributed by atoms with Crippen LogP contribution >= 0.6 is 0 Å². The van der Waals surface area contributed by atoms with Gasteiger partial charge in [0.2, 0.25) is 5.95 Å². The summed E-state index contributed by atoms with van der Waals surface area (Å²) < 4.78 is 32.8. The van der Waals surface area contributed by atoms with Crippen molar-refractivity contribution in [2.75, 3.05) is 26.9 Å². The Morgan fingerprint density at radius 1 is 1.30 bits per heavy atom. The van der Waals surface area contributed by atoms with Gasteiger partial charge in [-0.05, 0) is 26.0 Å². The molecule has 0 unspecified atom stereocenters. The molecule has 9 heteroatoms. The normalized spacial score (nSPS) is 11.3. The van der Waals surface area contributed by atoms with Gasteiger partial charge < -0.3 is 14.2 Å². The molecular weight excluding hydrogens is 355 g/mol. The summed E-state index contributed by atoms with van der Waals surface area (Å²) in [7, 11) is 1.59. The van der Waals surface area contributed by atoms with E-state index in [0.717, 1.165) is 0 Å². The van der Waals surface area contributed by atoms with Crippen molar-refractivity contribution in [3.8, 4) is 5.95 Å². The molecule has 0 saturated carbocycles. The number of imidazole rings is 1. The smallest absolute Gasteiger partial charge is 0.341 e. The number of carbonyl (C=O) groups is 1. The number of fused-ring (bicyclic) bond motifs is 1. The van der Waals surface area contributed by atoms with Crippen LogP contribution in [0.3, 0.4) is 0 Å². The van der Waals surface area contributed by atoms with Gasteiger partial charge >= 0.3 is 5.97 Å². The highest BCUT2D eigenvalue weighted by atomic mass is 19.1. The molecule has 27 heavy (non-hydrogen) atoms. The van der Waals surface area contributed by atoms with Crippen molar-refractivity contribution in [3.05, 3.63) is 41.5 Å². The summed E-state index contributed by atoms with van der Waals surface area (Å²) in [6, 6.07) is 3.03. The van der Waals surface area contributed by atoms with Gasteiger partial charge in [0.15, 0.2) is 0 Å². The van der Waals surface area contributed by atoms with Crippen molar-refractivity contribution in [2.24, 2.45) is 0 Å². The topological polar surface area (TPSA) is 80.4 Å². The van der Waals surface area contributed by atoms with Crippen LogP contribution in [0.4, 0.5) is 4.39 Å². The summed E-state index contributed by atoms with van der Waals surface area (Å²) in [5.41, 5.74) is 1.95. The quantitative estimate of drug-likeness (QED) is 0.444. The first-order valence-corrected chi connectivity index (χ1v) is 8.51. The van der Waals surface area contributed by atoms with Crippen molar-refractivity contribution in [2.45, 2.75) is 20.6 Å². The van der Waals surface area contributed by atoms with Gasteiger partial charge in [-0.2, -0.15) is 5.10 Å². The number of carbonyl (C=O) groups excluding carboxylic acids is 1. The van der Waals surface area contributed by atoms with Gasteiger partial charge in [-0.15, -0.1) is 0 Å². The highest BCUT2D eigenvalue weighted by molar-refractivity contribution is 5.89. The Morgan fingerprint density at radius 2 is 2.11 bits per heavy atom. The summed E-state index contributed by atoms with van der Waals surface area (Å²) in [6.07, 6.45) is 2.93. The van der Waals surface area contributed by atoms with E-state index >= 15 is 0 Å². The Labute approximate surface area is 155 Å². The zero-order valence-corrected chi connectivity index (χ0v) is 15.4. The van der Waals surface area contributed by atoms with Crippen molar-refractivity contribution < 1.29 is 23.4 Å². The summed E-state index contributed by atoms with van der Waals surface area (Å²) in [4.78, 5) is 16.4. The third kappa shape index (κ3) is 3.83. The Morgan fingerprint density at radius 3 is 2.85 bits per heavy atom. The number of hydrogen-bond acceptors (Lipinski definition) is 6. The van der Waals surface area contributed by atoms with Crippen LogP contribution in [-0.2, 0) is 20.9 Å². The van der Waals surface area contributed by atoms with E-state index in [0.29, 0.717) is 41.3 Å². The second-order valence-electron chi connectivity index (χ2n) is 5.80. The van der Waals surface area contributed by atoms with E-state index in [4.69, 9.17) is 14.2 Å². The fraction of sp³-hybridized carbons (Fsp3) is 0.389. The van der Waals surface area contributed by atoms with Crippen LogP contribution < -0.4 is 0 Å². The fourth-order valence-electron chi connectivity index (χ4n) is 2.64. The third-order valence-electron chi connectivity index (χ3n) is 4.04. The average Bonchev–Trinajstić information content (AvgIpc) is 3.27. The van der Waals surface area contributed by atoms with E-state index in [1.54, 1.807) is 31.6 Å². The lowest BCUT2D eigenvalue weighted by atomic mass is 10.2. The SMILES string of the molecule is CCOC(=O)c1cnn(-c2nc3c(C)c(F)ccc3n2COCCOC)c1. The van der Waals surface area contributed by atoms with Crippen LogP contribution in [0.1, 0.15) is 22.8 Å². The molecule has 2 heterocycles. The summed E-state index contributed by atoms with van der Waals surface area (Å²) in [5, 5.41) is 4.20. The van der Waals surface area contributed by atoms with Gasteiger partial charge in [-0.3, -0.25) is 4.57 Å². The van der Waals surface area contributed by atoms with E-state index in [9.17, 15) is 9.18 Å². The summed E-state index contributed by atoms with van der Waals surface area (Å²) in [5.74, 6) is -0.400. The van der Waals surface area contributed by atoms with Crippen LogP contribution in [0, 0.1) is 12.7 Å². The number of hydrogen-bond donors (Lipinski definition) is 0. The first-order chi connectivity index (χ1) is 13.1. The molecule has 0 N–H and O–H groups in total. The van der Waals surface area contributed by atoms with Crippen molar-refractivity contribution in [3.63, 3.8) is 0 Å². The number of rotatable bonds is 8. The third-order valence-corrected chi connectivity index (χ3v) is 4.04. The molecule has 0 saturated heterocycles. The summed E-state index contributed by atoms with van der Waals surface area (Å²) in [6.45, 7) is 4.69. The molecule has 8 nitrogen and oxygen atoms in total. The van der Waals surface area contributed by atoms with E-state index in [1.807, 2.05) is 0 Å². The van der Waals surface area contributed by atoms with Gasteiger partial charge in [0.25, 0.3) is 0 Å². The Bertz CT molecular complexity index is 950. The van der Waals surface area contributed by atoms with Crippen molar-refractivity contribution in [1.29, 1.82) is 0 Å². The predicted octanol–water partition coefficient (Wildman–Crippen LogP) is 2.47. The molecule has 1 aromatic carbocycles. The summed E-state index contributed by atoms with van der Waals surface area (Å²) >= 11 is 0. The Balaban J connectivity index is 2.02. The molecule has 0 aliphatic rings. The Kier molecular flexibility index (Phi) is 5.82. The molecule has 3 aromatic rings. The van der Waals surface area contributed by atoms with Gasteiger partial charge in [0.05, 0.1) is 42.6 Å². The molecule has 144 valence electrons. The van der Waals surface area contributed by atoms with Crippen molar-refractivity contribution in [1.82, 2.24) is 19.3 Å². The number of nitrogens with zero attached hydrogens (tertiary/aromatic N) is 4. The average molecular weight is 376 g/mol.